The lowest BCUT2D eigenvalue weighted by molar-refractivity contribution is 0.0747. The Morgan fingerprint density at radius 3 is 2.70 bits per heavy atom. The fourth-order valence-electron chi connectivity index (χ4n) is 2.46. The molecular weight excluding hydrogens is 250 g/mol. The van der Waals surface area contributed by atoms with Crippen molar-refractivity contribution in [3.63, 3.8) is 0 Å². The lowest BCUT2D eigenvalue weighted by Gasteiger charge is -2.22. The van der Waals surface area contributed by atoms with Gasteiger partial charge in [-0.2, -0.15) is 0 Å². The number of amides is 1. The second kappa shape index (κ2) is 6.73. The van der Waals surface area contributed by atoms with E-state index in [9.17, 15) is 4.79 Å². The highest BCUT2D eigenvalue weighted by Crippen LogP contribution is 2.30. The number of aryl methyl sites for hydroxylation is 1. The Bertz CT molecular complexity index is 469. The molecule has 1 aliphatic rings. The maximum Gasteiger partial charge on any atom is 0.254 e. The maximum absolute atomic E-state index is 12.6. The molecule has 4 nitrogen and oxygen atoms in total. The number of pyridine rings is 1. The molecule has 4 heteroatoms. The van der Waals surface area contributed by atoms with E-state index in [0.29, 0.717) is 17.3 Å². The van der Waals surface area contributed by atoms with Gasteiger partial charge in [0.05, 0.1) is 0 Å². The molecule has 2 rings (SSSR count). The Labute approximate surface area is 121 Å². The van der Waals surface area contributed by atoms with Crippen LogP contribution in [0.25, 0.3) is 0 Å². The van der Waals surface area contributed by atoms with E-state index >= 15 is 0 Å². The first-order valence-electron chi connectivity index (χ1n) is 7.69. The summed E-state index contributed by atoms with van der Waals surface area (Å²) in [4.78, 5) is 18.9. The van der Waals surface area contributed by atoms with Crippen LogP contribution in [0.2, 0.25) is 0 Å². The largest absolute Gasteiger partial charge is 0.384 e. The van der Waals surface area contributed by atoms with Crippen LogP contribution in [-0.2, 0) is 6.42 Å². The molecule has 1 aromatic heterocycles. The normalized spacial score (nSPS) is 14.3. The van der Waals surface area contributed by atoms with Gasteiger partial charge in [0.1, 0.15) is 5.82 Å². The summed E-state index contributed by atoms with van der Waals surface area (Å²) in [6.45, 7) is 5.91. The van der Waals surface area contributed by atoms with Crippen molar-refractivity contribution in [1.82, 2.24) is 9.88 Å². The molecule has 2 N–H and O–H groups in total. The minimum absolute atomic E-state index is 0.102. The number of rotatable bonds is 7. The third-order valence-electron chi connectivity index (χ3n) is 3.61. The van der Waals surface area contributed by atoms with Crippen LogP contribution >= 0.6 is 0 Å². The van der Waals surface area contributed by atoms with Crippen molar-refractivity contribution in [3.8, 4) is 0 Å². The fourth-order valence-corrected chi connectivity index (χ4v) is 2.46. The number of nitrogen functional groups attached to an aromatic ring is 1. The molecule has 1 amide bonds. The first-order chi connectivity index (χ1) is 9.63. The van der Waals surface area contributed by atoms with Gasteiger partial charge in [0.25, 0.3) is 5.91 Å². The van der Waals surface area contributed by atoms with Gasteiger partial charge in [-0.1, -0.05) is 20.3 Å². The summed E-state index contributed by atoms with van der Waals surface area (Å²) in [5, 5.41) is 0. The molecule has 0 aromatic carbocycles. The van der Waals surface area contributed by atoms with Crippen molar-refractivity contribution in [1.29, 1.82) is 0 Å². The van der Waals surface area contributed by atoms with Crippen LogP contribution in [0.5, 0.6) is 0 Å². The first kappa shape index (κ1) is 14.8. The van der Waals surface area contributed by atoms with Crippen molar-refractivity contribution < 1.29 is 4.79 Å². The number of aromatic nitrogens is 1. The van der Waals surface area contributed by atoms with Crippen LogP contribution in [-0.4, -0.2) is 28.9 Å². The third kappa shape index (κ3) is 3.95. The molecule has 20 heavy (non-hydrogen) atoms. The van der Waals surface area contributed by atoms with Crippen molar-refractivity contribution >= 4 is 11.7 Å². The van der Waals surface area contributed by atoms with E-state index in [4.69, 9.17) is 5.73 Å². The van der Waals surface area contributed by atoms with Gasteiger partial charge in [-0.15, -0.1) is 0 Å². The molecule has 0 aliphatic heterocycles. The van der Waals surface area contributed by atoms with E-state index in [2.05, 4.69) is 18.8 Å². The number of carbonyl (C=O) groups is 1. The van der Waals surface area contributed by atoms with Gasteiger partial charge >= 0.3 is 0 Å². The molecule has 0 unspecified atom stereocenters. The smallest absolute Gasteiger partial charge is 0.254 e. The minimum Gasteiger partial charge on any atom is -0.384 e. The van der Waals surface area contributed by atoms with Gasteiger partial charge in [-0.25, -0.2) is 4.98 Å². The van der Waals surface area contributed by atoms with Crippen LogP contribution in [0, 0.1) is 5.92 Å². The molecule has 1 heterocycles. The van der Waals surface area contributed by atoms with Gasteiger partial charge in [-0.3, -0.25) is 4.79 Å². The van der Waals surface area contributed by atoms with Gasteiger partial charge in [0, 0.05) is 24.3 Å². The highest BCUT2D eigenvalue weighted by Gasteiger charge is 2.27. The monoisotopic (exact) mass is 275 g/mol. The summed E-state index contributed by atoms with van der Waals surface area (Å²) in [6.07, 6.45) is 5.37. The van der Waals surface area contributed by atoms with E-state index in [1.165, 1.54) is 12.8 Å². The lowest BCUT2D eigenvalue weighted by atomic mass is 10.1. The molecule has 0 spiro atoms. The van der Waals surface area contributed by atoms with Crippen molar-refractivity contribution in [3.05, 3.63) is 23.4 Å². The highest BCUT2D eigenvalue weighted by atomic mass is 16.2. The van der Waals surface area contributed by atoms with Gasteiger partial charge in [0.15, 0.2) is 0 Å². The first-order valence-corrected chi connectivity index (χ1v) is 7.69. The van der Waals surface area contributed by atoms with Crippen LogP contribution in [0.4, 0.5) is 5.82 Å². The molecular formula is C16H25N3O. The van der Waals surface area contributed by atoms with Gasteiger partial charge in [0.2, 0.25) is 0 Å². The topological polar surface area (TPSA) is 59.2 Å². The zero-order valence-electron chi connectivity index (χ0n) is 12.6. The molecule has 1 aliphatic carbocycles. The maximum atomic E-state index is 12.6. The Balaban J connectivity index is 2.15. The molecule has 0 atom stereocenters. The molecule has 110 valence electrons. The second-order valence-corrected chi connectivity index (χ2v) is 5.72. The molecule has 1 fully saturated rings. The molecule has 1 aromatic rings. The van der Waals surface area contributed by atoms with Crippen molar-refractivity contribution in [2.75, 3.05) is 18.8 Å². The minimum atomic E-state index is 0.102. The summed E-state index contributed by atoms with van der Waals surface area (Å²) >= 11 is 0. The van der Waals surface area contributed by atoms with E-state index in [1.54, 1.807) is 6.07 Å². The fraction of sp³-hybridized carbons (Fsp3) is 0.625. The van der Waals surface area contributed by atoms with E-state index < -0.39 is 0 Å². The second-order valence-electron chi connectivity index (χ2n) is 5.72. The van der Waals surface area contributed by atoms with Crippen molar-refractivity contribution in [2.24, 2.45) is 5.92 Å². The Kier molecular flexibility index (Phi) is 4.99. The van der Waals surface area contributed by atoms with E-state index in [1.807, 2.05) is 11.0 Å². The van der Waals surface area contributed by atoms with Crippen LogP contribution in [0.15, 0.2) is 12.1 Å². The SMILES string of the molecule is CCCc1cc(C(=O)N(CCC)CC2CC2)cc(N)n1. The van der Waals surface area contributed by atoms with E-state index in [-0.39, 0.29) is 5.91 Å². The predicted octanol–water partition coefficient (Wildman–Crippen LogP) is 2.88. The zero-order chi connectivity index (χ0) is 14.5. The average molecular weight is 275 g/mol. The number of nitrogens with zero attached hydrogens (tertiary/aromatic N) is 2. The van der Waals surface area contributed by atoms with Gasteiger partial charge in [-0.05, 0) is 43.7 Å². The number of carbonyl (C=O) groups excluding carboxylic acids is 1. The molecule has 0 radical (unpaired) electrons. The quantitative estimate of drug-likeness (QED) is 0.832. The number of hydrogen-bond donors (Lipinski definition) is 1. The van der Waals surface area contributed by atoms with Crippen LogP contribution in [0.3, 0.4) is 0 Å². The zero-order valence-corrected chi connectivity index (χ0v) is 12.6. The molecule has 0 bridgehead atoms. The summed E-state index contributed by atoms with van der Waals surface area (Å²) < 4.78 is 0. The Morgan fingerprint density at radius 2 is 2.10 bits per heavy atom. The Morgan fingerprint density at radius 1 is 1.35 bits per heavy atom. The van der Waals surface area contributed by atoms with E-state index in [0.717, 1.165) is 38.0 Å². The summed E-state index contributed by atoms with van der Waals surface area (Å²) in [7, 11) is 0. The Hall–Kier alpha value is -1.58. The van der Waals surface area contributed by atoms with Gasteiger partial charge < -0.3 is 10.6 Å². The number of anilines is 1. The molecule has 1 saturated carbocycles. The number of nitrogens with two attached hydrogens (primary N) is 1. The summed E-state index contributed by atoms with van der Waals surface area (Å²) in [6, 6.07) is 3.61. The highest BCUT2D eigenvalue weighted by molar-refractivity contribution is 5.95. The summed E-state index contributed by atoms with van der Waals surface area (Å²) in [5.74, 6) is 1.26. The third-order valence-corrected chi connectivity index (χ3v) is 3.61. The van der Waals surface area contributed by atoms with Crippen molar-refractivity contribution in [2.45, 2.75) is 46.0 Å². The molecule has 0 saturated heterocycles. The van der Waals surface area contributed by atoms with Crippen LogP contribution in [0.1, 0.15) is 55.6 Å². The summed E-state index contributed by atoms with van der Waals surface area (Å²) in [5.41, 5.74) is 7.44. The lowest BCUT2D eigenvalue weighted by Crippen LogP contribution is -2.33. The number of hydrogen-bond acceptors (Lipinski definition) is 3. The average Bonchev–Trinajstić information content (AvgIpc) is 3.21. The van der Waals surface area contributed by atoms with Crippen LogP contribution < -0.4 is 5.73 Å². The predicted molar refractivity (Wildman–Crippen MR) is 81.6 cm³/mol. The standard InChI is InChI=1S/C16H25N3O/c1-3-5-14-9-13(10-15(17)18-14)16(20)19(8-4-2)11-12-6-7-12/h9-10,12H,3-8,11H2,1-2H3,(H2,17,18).